The number of aromatic amines is 1. The van der Waals surface area contributed by atoms with Crippen molar-refractivity contribution >= 4 is 39.9 Å². The number of anilines is 1. The third-order valence-corrected chi connectivity index (χ3v) is 4.01. The first-order valence-electron chi connectivity index (χ1n) is 7.85. The first-order chi connectivity index (χ1) is 12.4. The normalized spacial score (nSPS) is 12.0. The molecular formula is C19H17ClN2O4. The van der Waals surface area contributed by atoms with E-state index in [1.54, 1.807) is 56.5 Å². The molecule has 0 radical (unpaired) electrons. The quantitative estimate of drug-likeness (QED) is 0.404. The highest BCUT2D eigenvalue weighted by molar-refractivity contribution is 6.20. The Balaban J connectivity index is 1.97. The molecule has 2 aromatic carbocycles. The molecule has 0 saturated carbocycles. The molecule has 0 aliphatic rings. The van der Waals surface area contributed by atoms with E-state index >= 15 is 0 Å². The summed E-state index contributed by atoms with van der Waals surface area (Å²) < 4.78 is 10.1. The van der Waals surface area contributed by atoms with Gasteiger partial charge in [-0.05, 0) is 49.4 Å². The van der Waals surface area contributed by atoms with Gasteiger partial charge in [0.1, 0.15) is 11.4 Å². The maximum absolute atomic E-state index is 12.7. The predicted octanol–water partition coefficient (Wildman–Crippen LogP) is 3.73. The molecule has 3 N–H and O–H groups in total. The van der Waals surface area contributed by atoms with Crippen LogP contribution in [0.15, 0.2) is 42.5 Å². The van der Waals surface area contributed by atoms with Crippen molar-refractivity contribution in [3.05, 3.63) is 59.3 Å². The molecule has 0 aliphatic heterocycles. The van der Waals surface area contributed by atoms with Gasteiger partial charge in [-0.3, -0.25) is 4.79 Å². The van der Waals surface area contributed by atoms with Crippen LogP contribution in [0, 0.1) is 0 Å². The summed E-state index contributed by atoms with van der Waals surface area (Å²) in [6, 6.07) is 11.6. The van der Waals surface area contributed by atoms with Crippen LogP contribution in [0.4, 0.5) is 5.69 Å². The molecule has 134 valence electrons. The van der Waals surface area contributed by atoms with Crippen LogP contribution in [0.2, 0.25) is 0 Å². The molecule has 0 fully saturated rings. The molecule has 1 heterocycles. The van der Waals surface area contributed by atoms with Crippen LogP contribution in [0.25, 0.3) is 10.9 Å². The molecule has 1 unspecified atom stereocenters. The van der Waals surface area contributed by atoms with E-state index in [0.717, 1.165) is 0 Å². The number of carbonyl (C=O) groups excluding carboxylic acids is 2. The van der Waals surface area contributed by atoms with Crippen LogP contribution in [-0.2, 0) is 4.74 Å². The number of benzene rings is 2. The summed E-state index contributed by atoms with van der Waals surface area (Å²) in [5, 5.41) is 0.650. The number of fused-ring (bicyclic) bond motifs is 1. The summed E-state index contributed by atoms with van der Waals surface area (Å²) in [6.07, 6.45) is 0. The Bertz CT molecular complexity index is 977. The molecule has 0 bridgehead atoms. The number of aromatic nitrogens is 1. The Kier molecular flexibility index (Phi) is 4.86. The average molecular weight is 373 g/mol. The maximum atomic E-state index is 12.7. The first-order valence-corrected chi connectivity index (χ1v) is 8.29. The lowest BCUT2D eigenvalue weighted by Crippen LogP contribution is -2.09. The van der Waals surface area contributed by atoms with Gasteiger partial charge >= 0.3 is 5.97 Å². The number of nitrogens with one attached hydrogen (secondary N) is 1. The fourth-order valence-corrected chi connectivity index (χ4v) is 2.71. The highest BCUT2D eigenvalue weighted by atomic mass is 35.5. The van der Waals surface area contributed by atoms with Crippen molar-refractivity contribution in [3.63, 3.8) is 0 Å². The highest BCUT2D eigenvalue weighted by Crippen LogP contribution is 2.28. The first kappa shape index (κ1) is 17.8. The van der Waals surface area contributed by atoms with Gasteiger partial charge in [-0.25, -0.2) is 4.79 Å². The third-order valence-electron chi connectivity index (χ3n) is 3.92. The van der Waals surface area contributed by atoms with Crippen LogP contribution in [0.3, 0.4) is 0 Å². The molecule has 3 aromatic rings. The molecule has 1 aromatic heterocycles. The average Bonchev–Trinajstić information content (AvgIpc) is 2.96. The minimum atomic E-state index is -0.737. The Hall–Kier alpha value is -2.99. The lowest BCUT2D eigenvalue weighted by atomic mass is 10.1. The molecule has 0 saturated heterocycles. The number of rotatable bonds is 5. The molecule has 6 nitrogen and oxygen atoms in total. The highest BCUT2D eigenvalue weighted by Gasteiger charge is 2.19. The second-order valence-corrected chi connectivity index (χ2v) is 6.29. The smallest absolute Gasteiger partial charge is 0.339 e. The van der Waals surface area contributed by atoms with Gasteiger partial charge in [0.15, 0.2) is 5.56 Å². The van der Waals surface area contributed by atoms with E-state index in [9.17, 15) is 9.59 Å². The topological polar surface area (TPSA) is 94.4 Å². The lowest BCUT2D eigenvalue weighted by Gasteiger charge is -2.05. The number of carbonyl (C=O) groups is 2. The number of alkyl halides is 1. The van der Waals surface area contributed by atoms with Crippen molar-refractivity contribution in [2.45, 2.75) is 12.5 Å². The molecule has 0 spiro atoms. The van der Waals surface area contributed by atoms with Crippen molar-refractivity contribution in [1.82, 2.24) is 4.98 Å². The van der Waals surface area contributed by atoms with E-state index in [1.165, 1.54) is 0 Å². The molecule has 26 heavy (non-hydrogen) atoms. The Morgan fingerprint density at radius 1 is 1.12 bits per heavy atom. The second-order valence-electron chi connectivity index (χ2n) is 5.68. The molecular weight excluding hydrogens is 356 g/mol. The minimum absolute atomic E-state index is 0.250. The molecule has 0 aliphatic carbocycles. The van der Waals surface area contributed by atoms with Crippen LogP contribution in [0.1, 0.15) is 33.3 Å². The summed E-state index contributed by atoms with van der Waals surface area (Å²) in [5.41, 5.74) is 7.33. The van der Waals surface area contributed by atoms with E-state index < -0.39 is 11.5 Å². The van der Waals surface area contributed by atoms with Crippen molar-refractivity contribution in [1.29, 1.82) is 0 Å². The fraction of sp³-hybridized carbons (Fsp3) is 0.158. The number of hydrogen-bond donors (Lipinski definition) is 2. The standard InChI is InChI=1S/C19H17ClN2O4/c1-10(20)26-19(24)12-5-8-14-15(9-12)22-17(16(14)21)18(23)11-3-6-13(25-2)7-4-11/h3-10,22H,21H2,1-2H3. The number of methoxy groups -OCH3 is 1. The molecule has 0 amide bonds. The van der Waals surface area contributed by atoms with Crippen LogP contribution < -0.4 is 10.5 Å². The van der Waals surface area contributed by atoms with Gasteiger partial charge in [0, 0.05) is 16.5 Å². The summed E-state index contributed by atoms with van der Waals surface area (Å²) >= 11 is 5.68. The lowest BCUT2D eigenvalue weighted by molar-refractivity contribution is 0.0472. The number of nitrogen functional groups attached to an aromatic ring is 1. The number of ether oxygens (including phenoxy) is 2. The van der Waals surface area contributed by atoms with Gasteiger partial charge in [-0.2, -0.15) is 0 Å². The van der Waals surface area contributed by atoms with Gasteiger partial charge in [-0.1, -0.05) is 11.6 Å². The van der Waals surface area contributed by atoms with E-state index in [0.29, 0.717) is 33.5 Å². The molecule has 7 heteroatoms. The number of ketones is 1. The summed E-state index contributed by atoms with van der Waals surface area (Å²) in [4.78, 5) is 27.7. The SMILES string of the molecule is COc1ccc(C(=O)c2[nH]c3cc(C(=O)OC(C)Cl)ccc3c2N)cc1. The largest absolute Gasteiger partial charge is 0.497 e. The van der Waals surface area contributed by atoms with Gasteiger partial charge in [0.05, 0.1) is 18.4 Å². The Labute approximate surface area is 154 Å². The zero-order valence-electron chi connectivity index (χ0n) is 14.2. The maximum Gasteiger partial charge on any atom is 0.339 e. The third kappa shape index (κ3) is 3.36. The number of halogens is 1. The second kappa shape index (κ2) is 7.09. The predicted molar refractivity (Wildman–Crippen MR) is 99.9 cm³/mol. The zero-order chi connectivity index (χ0) is 18.8. The Morgan fingerprint density at radius 3 is 2.38 bits per heavy atom. The van der Waals surface area contributed by atoms with E-state index in [4.69, 9.17) is 26.8 Å². The van der Waals surface area contributed by atoms with Crippen LogP contribution in [-0.4, -0.2) is 29.4 Å². The van der Waals surface area contributed by atoms with Crippen molar-refractivity contribution < 1.29 is 19.1 Å². The fourth-order valence-electron chi connectivity index (χ4n) is 2.63. The number of hydrogen-bond acceptors (Lipinski definition) is 5. The monoisotopic (exact) mass is 372 g/mol. The number of H-pyrrole nitrogens is 1. The van der Waals surface area contributed by atoms with Crippen molar-refractivity contribution in [2.24, 2.45) is 0 Å². The number of nitrogens with two attached hydrogens (primary N) is 1. The van der Waals surface area contributed by atoms with Crippen LogP contribution in [0.5, 0.6) is 5.75 Å². The van der Waals surface area contributed by atoms with Crippen LogP contribution >= 0.6 is 11.6 Å². The van der Waals surface area contributed by atoms with Gasteiger partial charge in [-0.15, -0.1) is 0 Å². The summed E-state index contributed by atoms with van der Waals surface area (Å²) in [7, 11) is 1.56. The summed E-state index contributed by atoms with van der Waals surface area (Å²) in [6.45, 7) is 1.55. The molecule has 1 atom stereocenters. The van der Waals surface area contributed by atoms with Gasteiger partial charge in [0.2, 0.25) is 5.78 Å². The minimum Gasteiger partial charge on any atom is -0.497 e. The van der Waals surface area contributed by atoms with Gasteiger partial charge < -0.3 is 20.2 Å². The van der Waals surface area contributed by atoms with E-state index in [1.807, 2.05) is 0 Å². The number of esters is 1. The zero-order valence-corrected chi connectivity index (χ0v) is 15.0. The summed E-state index contributed by atoms with van der Waals surface area (Å²) in [5.74, 6) is -0.145. The van der Waals surface area contributed by atoms with E-state index in [2.05, 4.69) is 4.98 Å². The molecule has 3 rings (SSSR count). The Morgan fingerprint density at radius 2 is 1.77 bits per heavy atom. The van der Waals surface area contributed by atoms with Gasteiger partial charge in [0.25, 0.3) is 0 Å². The van der Waals surface area contributed by atoms with Crippen molar-refractivity contribution in [2.75, 3.05) is 12.8 Å². The van der Waals surface area contributed by atoms with Crippen molar-refractivity contribution in [3.8, 4) is 5.75 Å². The van der Waals surface area contributed by atoms with E-state index in [-0.39, 0.29) is 11.5 Å².